The van der Waals surface area contributed by atoms with Gasteiger partial charge in [-0.15, -0.1) is 0 Å². The zero-order valence-electron chi connectivity index (χ0n) is 18.4. The molecule has 4 N–H and O–H groups in total. The highest BCUT2D eigenvalue weighted by molar-refractivity contribution is 6.33. The molecule has 1 aromatic heterocycles. The van der Waals surface area contributed by atoms with Crippen LogP contribution in [0.1, 0.15) is 24.1 Å². The van der Waals surface area contributed by atoms with Gasteiger partial charge in [-0.05, 0) is 50.0 Å². The fraction of sp³-hybridized carbons (Fsp3) is 0.280. The number of hydrogen-bond acceptors (Lipinski definition) is 5. The van der Waals surface area contributed by atoms with Crippen molar-refractivity contribution in [2.24, 2.45) is 10.9 Å². The molecule has 2 aromatic carbocycles. The van der Waals surface area contributed by atoms with Crippen LogP contribution in [0.2, 0.25) is 5.02 Å². The number of benzene rings is 2. The van der Waals surface area contributed by atoms with Crippen LogP contribution in [0, 0.1) is 11.7 Å². The van der Waals surface area contributed by atoms with E-state index in [1.165, 1.54) is 6.07 Å². The van der Waals surface area contributed by atoms with Crippen LogP contribution in [-0.4, -0.2) is 28.9 Å². The van der Waals surface area contributed by atoms with Crippen molar-refractivity contribution < 1.29 is 4.39 Å². The van der Waals surface area contributed by atoms with Crippen LogP contribution < -0.4 is 16.4 Å². The highest BCUT2D eigenvalue weighted by Gasteiger charge is 2.21. The van der Waals surface area contributed by atoms with Gasteiger partial charge < -0.3 is 20.9 Å². The zero-order chi connectivity index (χ0) is 23.2. The Labute approximate surface area is 198 Å². The fourth-order valence-electron chi connectivity index (χ4n) is 3.97. The van der Waals surface area contributed by atoms with Crippen LogP contribution in [0.4, 0.5) is 10.2 Å². The molecule has 2 heterocycles. The number of nitrogens with one attached hydrogen (secondary N) is 2. The fourth-order valence-corrected chi connectivity index (χ4v) is 4.19. The van der Waals surface area contributed by atoms with Crippen molar-refractivity contribution >= 4 is 23.6 Å². The van der Waals surface area contributed by atoms with E-state index >= 15 is 0 Å². The molecule has 1 atom stereocenters. The number of nitrogen functional groups attached to an aromatic ring is 1. The molecule has 33 heavy (non-hydrogen) atoms. The summed E-state index contributed by atoms with van der Waals surface area (Å²) in [6, 6.07) is 14.2. The number of piperidine rings is 1. The van der Waals surface area contributed by atoms with E-state index in [4.69, 9.17) is 22.3 Å². The maximum atomic E-state index is 13.8. The lowest BCUT2D eigenvalue weighted by atomic mass is 9.99. The molecule has 1 unspecified atom stereocenters. The molecule has 0 amide bonds. The first-order valence-electron chi connectivity index (χ1n) is 11.0. The number of hydrogen-bond donors (Lipinski definition) is 3. The van der Waals surface area contributed by atoms with Gasteiger partial charge >= 0.3 is 0 Å². The van der Waals surface area contributed by atoms with Gasteiger partial charge in [-0.1, -0.05) is 48.5 Å². The number of anilines is 1. The van der Waals surface area contributed by atoms with Crippen molar-refractivity contribution in [1.29, 1.82) is 0 Å². The first-order valence-corrected chi connectivity index (χ1v) is 11.4. The van der Waals surface area contributed by atoms with E-state index in [9.17, 15) is 4.39 Å². The summed E-state index contributed by atoms with van der Waals surface area (Å²) in [6.07, 6.45) is 3.86. The molecule has 4 rings (SSSR count). The van der Waals surface area contributed by atoms with E-state index in [1.807, 2.05) is 28.8 Å². The normalized spacial score (nSPS) is 16.2. The maximum absolute atomic E-state index is 13.8. The van der Waals surface area contributed by atoms with Gasteiger partial charge in [0.05, 0.1) is 11.2 Å². The van der Waals surface area contributed by atoms with E-state index in [1.54, 1.807) is 24.4 Å². The number of rotatable bonds is 8. The molecule has 1 saturated heterocycles. The second kappa shape index (κ2) is 10.6. The Morgan fingerprint density at radius 2 is 2.09 bits per heavy atom. The molecule has 8 heteroatoms. The summed E-state index contributed by atoms with van der Waals surface area (Å²) in [5, 5.41) is 7.09. The Balaban J connectivity index is 1.56. The number of aliphatic imine (C=N–C) groups is 1. The summed E-state index contributed by atoms with van der Waals surface area (Å²) in [7, 11) is 0. The van der Waals surface area contributed by atoms with Gasteiger partial charge in [0.15, 0.2) is 0 Å². The van der Waals surface area contributed by atoms with Gasteiger partial charge in [-0.25, -0.2) is 14.4 Å². The van der Waals surface area contributed by atoms with Crippen molar-refractivity contribution in [3.05, 3.63) is 83.0 Å². The molecule has 1 aliphatic rings. The van der Waals surface area contributed by atoms with Crippen LogP contribution in [0.25, 0.3) is 11.4 Å². The van der Waals surface area contributed by atoms with Gasteiger partial charge in [0.1, 0.15) is 29.0 Å². The summed E-state index contributed by atoms with van der Waals surface area (Å²) >= 11 is 6.48. The van der Waals surface area contributed by atoms with Crippen molar-refractivity contribution in [2.75, 3.05) is 18.8 Å². The predicted molar refractivity (Wildman–Crippen MR) is 133 cm³/mol. The Morgan fingerprint density at radius 3 is 2.85 bits per heavy atom. The molecule has 3 aromatic rings. The lowest BCUT2D eigenvalue weighted by Gasteiger charge is -2.24. The quantitative estimate of drug-likeness (QED) is 0.424. The highest BCUT2D eigenvalue weighted by atomic mass is 35.5. The van der Waals surface area contributed by atoms with Crippen molar-refractivity contribution in [2.45, 2.75) is 25.9 Å². The molecule has 0 aliphatic carbocycles. The molecule has 0 spiro atoms. The standard InChI is InChI=1S/C25H28ClFN6/c1-17(30-14-19-8-2-5-11-22(19)27)31-15-23-24(28)33(16-18-7-6-12-29-13-18)25(32-23)20-9-3-4-10-21(20)26/h2-5,8-11,15,18,29-30H,1,6-7,12-14,16,28H2/b31-15-. The molecule has 0 saturated carbocycles. The summed E-state index contributed by atoms with van der Waals surface area (Å²) in [5.41, 5.74) is 8.44. The minimum atomic E-state index is -0.272. The van der Waals surface area contributed by atoms with E-state index < -0.39 is 0 Å². The molecular formula is C25H28ClFN6. The third-order valence-corrected chi connectivity index (χ3v) is 6.10. The predicted octanol–water partition coefficient (Wildman–Crippen LogP) is 4.60. The van der Waals surface area contributed by atoms with E-state index in [2.05, 4.69) is 22.2 Å². The largest absolute Gasteiger partial charge is 0.383 e. The van der Waals surface area contributed by atoms with Gasteiger partial charge in [0, 0.05) is 24.2 Å². The first kappa shape index (κ1) is 23.0. The van der Waals surface area contributed by atoms with Crippen LogP contribution >= 0.6 is 11.6 Å². The summed E-state index contributed by atoms with van der Waals surface area (Å²) in [5.74, 6) is 1.82. The van der Waals surface area contributed by atoms with Gasteiger partial charge in [0.2, 0.25) is 0 Å². The minimum Gasteiger partial charge on any atom is -0.383 e. The summed E-state index contributed by atoms with van der Waals surface area (Å²) < 4.78 is 15.8. The second-order valence-corrected chi connectivity index (χ2v) is 8.57. The summed E-state index contributed by atoms with van der Waals surface area (Å²) in [6.45, 7) is 6.92. The Bertz CT molecular complexity index is 1150. The smallest absolute Gasteiger partial charge is 0.143 e. The Hall–Kier alpha value is -3.16. The average Bonchev–Trinajstić information content (AvgIpc) is 3.13. The monoisotopic (exact) mass is 466 g/mol. The van der Waals surface area contributed by atoms with Crippen LogP contribution in [-0.2, 0) is 13.1 Å². The van der Waals surface area contributed by atoms with Gasteiger partial charge in [0.25, 0.3) is 0 Å². The first-order chi connectivity index (χ1) is 16.0. The van der Waals surface area contributed by atoms with E-state index in [0.29, 0.717) is 33.8 Å². The van der Waals surface area contributed by atoms with E-state index in [-0.39, 0.29) is 12.4 Å². The van der Waals surface area contributed by atoms with Crippen LogP contribution in [0.3, 0.4) is 0 Å². The third kappa shape index (κ3) is 5.61. The van der Waals surface area contributed by atoms with Crippen molar-refractivity contribution in [3.63, 3.8) is 0 Å². The summed E-state index contributed by atoms with van der Waals surface area (Å²) in [4.78, 5) is 9.13. The molecular weight excluding hydrogens is 439 g/mol. The molecule has 0 bridgehead atoms. The van der Waals surface area contributed by atoms with E-state index in [0.717, 1.165) is 43.9 Å². The Morgan fingerprint density at radius 1 is 1.30 bits per heavy atom. The minimum absolute atomic E-state index is 0.272. The number of aromatic nitrogens is 2. The Kier molecular flexibility index (Phi) is 7.42. The lowest BCUT2D eigenvalue weighted by molar-refractivity contribution is 0.340. The molecule has 1 fully saturated rings. The van der Waals surface area contributed by atoms with Gasteiger partial charge in [-0.2, -0.15) is 0 Å². The highest BCUT2D eigenvalue weighted by Crippen LogP contribution is 2.31. The zero-order valence-corrected chi connectivity index (χ0v) is 19.2. The second-order valence-electron chi connectivity index (χ2n) is 8.16. The lowest BCUT2D eigenvalue weighted by Crippen LogP contribution is -2.32. The third-order valence-electron chi connectivity index (χ3n) is 5.77. The molecule has 6 nitrogen and oxygen atoms in total. The number of nitrogens with two attached hydrogens (primary N) is 1. The van der Waals surface area contributed by atoms with Crippen LogP contribution in [0.15, 0.2) is 65.9 Å². The average molecular weight is 467 g/mol. The maximum Gasteiger partial charge on any atom is 0.143 e. The molecule has 172 valence electrons. The van der Waals surface area contributed by atoms with Crippen molar-refractivity contribution in [3.8, 4) is 11.4 Å². The van der Waals surface area contributed by atoms with Gasteiger partial charge in [-0.3, -0.25) is 0 Å². The molecule has 0 radical (unpaired) electrons. The number of nitrogens with zero attached hydrogens (tertiary/aromatic N) is 3. The number of halogens is 2. The molecule has 1 aliphatic heterocycles. The number of imidazole rings is 1. The van der Waals surface area contributed by atoms with Crippen molar-refractivity contribution in [1.82, 2.24) is 20.2 Å². The SMILES string of the molecule is C=C(/N=C\c1nc(-c2ccccc2Cl)n(CC2CCCNC2)c1N)NCc1ccccc1F. The topological polar surface area (TPSA) is 80.3 Å². The van der Waals surface area contributed by atoms with Crippen LogP contribution in [0.5, 0.6) is 0 Å².